The molecule has 3 N–H and O–H groups in total. The van der Waals surface area contributed by atoms with Gasteiger partial charge in [-0.2, -0.15) is 5.10 Å². The smallest absolute Gasteiger partial charge is 0.220 e. The van der Waals surface area contributed by atoms with Gasteiger partial charge in [0.2, 0.25) is 5.91 Å². The van der Waals surface area contributed by atoms with Crippen molar-refractivity contribution in [3.05, 3.63) is 11.6 Å². The summed E-state index contributed by atoms with van der Waals surface area (Å²) >= 11 is 0. The highest BCUT2D eigenvalue weighted by Crippen LogP contribution is 2.28. The molecule has 1 aromatic rings. The molecule has 2 aliphatic rings. The number of hydrogen-bond acceptors (Lipinski definition) is 5. The van der Waals surface area contributed by atoms with E-state index < -0.39 is 0 Å². The van der Waals surface area contributed by atoms with Crippen LogP contribution in [0.5, 0.6) is 0 Å². The van der Waals surface area contributed by atoms with Gasteiger partial charge in [0, 0.05) is 26.1 Å². The van der Waals surface area contributed by atoms with Crippen LogP contribution in [0.25, 0.3) is 0 Å². The Kier molecular flexibility index (Phi) is 8.42. The molecule has 0 bridgehead atoms. The maximum Gasteiger partial charge on any atom is 0.220 e. The van der Waals surface area contributed by atoms with Crippen molar-refractivity contribution in [2.45, 2.75) is 63.8 Å². The molecule has 1 amide bonds. The fourth-order valence-corrected chi connectivity index (χ4v) is 3.54. The Morgan fingerprint density at radius 1 is 1.33 bits per heavy atom. The van der Waals surface area contributed by atoms with Crippen molar-refractivity contribution >= 4 is 30.7 Å². The summed E-state index contributed by atoms with van der Waals surface area (Å²) in [6.45, 7) is 1.25. The molecule has 2 heterocycles. The molecule has 138 valence electrons. The van der Waals surface area contributed by atoms with Crippen LogP contribution in [-0.4, -0.2) is 33.8 Å². The molecule has 9 heteroatoms. The van der Waals surface area contributed by atoms with Crippen LogP contribution >= 0.6 is 24.8 Å². The quantitative estimate of drug-likeness (QED) is 0.811. The molecule has 1 aliphatic carbocycles. The van der Waals surface area contributed by atoms with Gasteiger partial charge in [0.1, 0.15) is 12.4 Å². The van der Waals surface area contributed by atoms with Crippen molar-refractivity contribution in [3.63, 3.8) is 0 Å². The number of nitrogens with one attached hydrogen (secondary N) is 1. The number of hydrogen-bond donors (Lipinski definition) is 2. The summed E-state index contributed by atoms with van der Waals surface area (Å²) in [7, 11) is 1.63. The minimum absolute atomic E-state index is 0. The van der Waals surface area contributed by atoms with Crippen LogP contribution in [0.15, 0.2) is 0 Å². The van der Waals surface area contributed by atoms with Crippen LogP contribution in [0.1, 0.15) is 56.2 Å². The number of halogens is 2. The number of fused-ring (bicyclic) bond motifs is 1. The van der Waals surface area contributed by atoms with Gasteiger partial charge < -0.3 is 15.8 Å². The maximum atomic E-state index is 12.3. The molecule has 0 spiro atoms. The zero-order valence-corrected chi connectivity index (χ0v) is 15.6. The molecule has 7 nitrogen and oxygen atoms in total. The van der Waals surface area contributed by atoms with Crippen LogP contribution in [0.3, 0.4) is 0 Å². The molecule has 0 aromatic carbocycles. The van der Waals surface area contributed by atoms with Crippen LogP contribution in [-0.2, 0) is 22.7 Å². The van der Waals surface area contributed by atoms with Crippen molar-refractivity contribution < 1.29 is 9.53 Å². The number of ether oxygens (including phenoxy) is 1. The van der Waals surface area contributed by atoms with Gasteiger partial charge in [0.05, 0.1) is 6.04 Å². The molecule has 1 fully saturated rings. The number of carbonyl (C=O) groups excluding carboxylic acids is 1. The van der Waals surface area contributed by atoms with E-state index in [4.69, 9.17) is 10.5 Å². The third kappa shape index (κ3) is 4.81. The number of nitrogens with two attached hydrogens (primary N) is 1. The van der Waals surface area contributed by atoms with Gasteiger partial charge in [0.25, 0.3) is 0 Å². The summed E-state index contributed by atoms with van der Waals surface area (Å²) in [4.78, 5) is 16.8. The van der Waals surface area contributed by atoms with E-state index in [1.165, 1.54) is 0 Å². The number of aromatic nitrogens is 3. The Morgan fingerprint density at radius 3 is 2.79 bits per heavy atom. The maximum absolute atomic E-state index is 12.3. The van der Waals surface area contributed by atoms with Crippen LogP contribution in [0.4, 0.5) is 0 Å². The molecular weight excluding hydrogens is 353 g/mol. The van der Waals surface area contributed by atoms with Crippen LogP contribution in [0.2, 0.25) is 0 Å². The number of nitrogens with zero attached hydrogens (tertiary/aromatic N) is 3. The monoisotopic (exact) mass is 379 g/mol. The largest absolute Gasteiger partial charge is 0.377 e. The lowest BCUT2D eigenvalue weighted by Gasteiger charge is -2.24. The number of carbonyl (C=O) groups is 1. The third-order valence-corrected chi connectivity index (χ3v) is 4.69. The van der Waals surface area contributed by atoms with Gasteiger partial charge in [-0.05, 0) is 31.6 Å². The van der Waals surface area contributed by atoms with E-state index in [1.54, 1.807) is 7.11 Å². The van der Waals surface area contributed by atoms with Gasteiger partial charge in [-0.3, -0.25) is 4.79 Å². The van der Waals surface area contributed by atoms with Crippen molar-refractivity contribution in [2.75, 3.05) is 7.11 Å². The molecule has 24 heavy (non-hydrogen) atoms. The van der Waals surface area contributed by atoms with E-state index >= 15 is 0 Å². The second kappa shape index (κ2) is 9.56. The van der Waals surface area contributed by atoms with Crippen LogP contribution in [0, 0.1) is 5.92 Å². The molecule has 0 saturated heterocycles. The van der Waals surface area contributed by atoms with Crippen molar-refractivity contribution in [1.29, 1.82) is 0 Å². The Morgan fingerprint density at radius 2 is 2.12 bits per heavy atom. The van der Waals surface area contributed by atoms with E-state index in [0.717, 1.165) is 44.5 Å². The fourth-order valence-electron chi connectivity index (χ4n) is 3.54. The molecule has 3 rings (SSSR count). The molecule has 0 radical (unpaired) electrons. The number of aryl methyl sites for hydroxylation is 1. The predicted molar refractivity (Wildman–Crippen MR) is 95.3 cm³/mol. The first-order valence-electron chi connectivity index (χ1n) is 8.15. The minimum atomic E-state index is -0.0445. The van der Waals surface area contributed by atoms with Crippen LogP contribution < -0.4 is 11.1 Å². The minimum Gasteiger partial charge on any atom is -0.377 e. The van der Waals surface area contributed by atoms with Crippen molar-refractivity contribution in [3.8, 4) is 0 Å². The summed E-state index contributed by atoms with van der Waals surface area (Å²) in [5, 5.41) is 7.54. The second-order valence-corrected chi connectivity index (χ2v) is 6.36. The highest BCUT2D eigenvalue weighted by molar-refractivity contribution is 5.85. The number of amides is 1. The van der Waals surface area contributed by atoms with E-state index in [2.05, 4.69) is 15.4 Å². The van der Waals surface area contributed by atoms with E-state index in [0.29, 0.717) is 24.8 Å². The van der Waals surface area contributed by atoms with Crippen molar-refractivity contribution in [1.82, 2.24) is 20.1 Å². The molecule has 1 unspecified atom stereocenters. The van der Waals surface area contributed by atoms with E-state index in [1.807, 2.05) is 4.68 Å². The average molecular weight is 380 g/mol. The topological polar surface area (TPSA) is 95.1 Å². The van der Waals surface area contributed by atoms with E-state index in [9.17, 15) is 4.79 Å². The molecular formula is C15H27Cl2N5O2. The highest BCUT2D eigenvalue weighted by atomic mass is 35.5. The molecule has 1 aliphatic heterocycles. The highest BCUT2D eigenvalue weighted by Gasteiger charge is 2.29. The lowest BCUT2D eigenvalue weighted by atomic mass is 9.99. The number of rotatable bonds is 5. The standard InChI is InChI=1S/C15H25N5O2.2ClH/c1-22-9-13-18-15-12(6-3-7-20(15)19-13)17-14(21)8-10-4-2-5-11(10)16;;/h10-12H,2-9,16H2,1H3,(H,17,21);2*1H/t10-,11+,12?;;/m0../s1. The summed E-state index contributed by atoms with van der Waals surface area (Å²) in [6, 6.07) is 0.131. The molecule has 3 atom stereocenters. The first kappa shape index (κ1) is 21.2. The lowest BCUT2D eigenvalue weighted by molar-refractivity contribution is -0.123. The molecule has 1 saturated carbocycles. The zero-order valence-electron chi connectivity index (χ0n) is 13.9. The predicted octanol–water partition coefficient (Wildman–Crippen LogP) is 1.74. The second-order valence-electron chi connectivity index (χ2n) is 6.36. The Balaban J connectivity index is 0.00000144. The normalized spacial score (nSPS) is 25.3. The first-order valence-corrected chi connectivity index (χ1v) is 8.15. The summed E-state index contributed by atoms with van der Waals surface area (Å²) in [5.74, 6) is 1.93. The lowest BCUT2D eigenvalue weighted by Crippen LogP contribution is -2.36. The zero-order chi connectivity index (χ0) is 15.5. The summed E-state index contributed by atoms with van der Waals surface area (Å²) < 4.78 is 6.98. The fraction of sp³-hybridized carbons (Fsp3) is 0.800. The Bertz CT molecular complexity index is 540. The van der Waals surface area contributed by atoms with Gasteiger partial charge in [-0.15, -0.1) is 24.8 Å². The molecule has 1 aromatic heterocycles. The Labute approximate surface area is 154 Å². The van der Waals surface area contributed by atoms with Gasteiger partial charge in [-0.25, -0.2) is 9.67 Å². The van der Waals surface area contributed by atoms with Crippen molar-refractivity contribution in [2.24, 2.45) is 11.7 Å². The SMILES string of the molecule is COCc1nc2n(n1)CCCC2NC(=O)C[C@@H]1CCC[C@H]1N.Cl.Cl. The van der Waals surface area contributed by atoms with Gasteiger partial charge in [-0.1, -0.05) is 6.42 Å². The van der Waals surface area contributed by atoms with E-state index in [-0.39, 0.29) is 42.8 Å². The first-order chi connectivity index (χ1) is 10.7. The summed E-state index contributed by atoms with van der Waals surface area (Å²) in [6.07, 6.45) is 5.67. The van der Waals surface area contributed by atoms with Gasteiger partial charge in [0.15, 0.2) is 5.82 Å². The van der Waals surface area contributed by atoms with Gasteiger partial charge >= 0.3 is 0 Å². The average Bonchev–Trinajstić information content (AvgIpc) is 3.06. The number of methoxy groups -OCH3 is 1. The Hall–Kier alpha value is -0.890. The summed E-state index contributed by atoms with van der Waals surface area (Å²) in [5.41, 5.74) is 6.05. The third-order valence-electron chi connectivity index (χ3n) is 4.69.